The number of urea groups is 1. The van der Waals surface area contributed by atoms with E-state index in [1.54, 1.807) is 38.3 Å². The highest BCUT2D eigenvalue weighted by atomic mass is 16.7. The first-order chi connectivity index (χ1) is 10.0. The minimum atomic E-state index is -0.388. The Hall–Kier alpha value is -1.86. The van der Waals surface area contributed by atoms with Crippen molar-refractivity contribution in [2.45, 2.75) is 12.1 Å². The van der Waals surface area contributed by atoms with Crippen molar-refractivity contribution in [2.24, 2.45) is 0 Å². The third-order valence-electron chi connectivity index (χ3n) is 3.54. The fourth-order valence-electron chi connectivity index (χ4n) is 2.57. The van der Waals surface area contributed by atoms with Crippen molar-refractivity contribution in [2.75, 3.05) is 41.0 Å². The lowest BCUT2D eigenvalue weighted by molar-refractivity contribution is -0.131. The first-order valence-corrected chi connectivity index (χ1v) is 6.77. The predicted molar refractivity (Wildman–Crippen MR) is 76.3 cm³/mol. The van der Waals surface area contributed by atoms with Crippen LogP contribution < -0.4 is 0 Å². The Morgan fingerprint density at radius 2 is 2.29 bits per heavy atom. The molecule has 1 fully saturated rings. The molecule has 2 bridgehead atoms. The van der Waals surface area contributed by atoms with Crippen LogP contribution in [0.25, 0.3) is 0 Å². The van der Waals surface area contributed by atoms with Crippen LogP contribution >= 0.6 is 0 Å². The van der Waals surface area contributed by atoms with Crippen LogP contribution in [-0.4, -0.2) is 79.8 Å². The first kappa shape index (κ1) is 15.5. The summed E-state index contributed by atoms with van der Waals surface area (Å²) in [6.45, 7) is 4.56. The van der Waals surface area contributed by atoms with Crippen molar-refractivity contribution in [3.63, 3.8) is 0 Å². The van der Waals surface area contributed by atoms with E-state index in [9.17, 15) is 9.59 Å². The highest BCUT2D eigenvalue weighted by Crippen LogP contribution is 2.31. The normalized spacial score (nSPS) is 24.1. The van der Waals surface area contributed by atoms with Gasteiger partial charge >= 0.3 is 6.03 Å². The molecule has 2 heterocycles. The Morgan fingerprint density at radius 1 is 1.57 bits per heavy atom. The summed E-state index contributed by atoms with van der Waals surface area (Å²) in [6.07, 6.45) is 3.36. The maximum absolute atomic E-state index is 12.4. The summed E-state index contributed by atoms with van der Waals surface area (Å²) in [6, 6.07) is -0.892. The quantitative estimate of drug-likeness (QED) is 0.659. The van der Waals surface area contributed by atoms with E-state index >= 15 is 0 Å². The zero-order chi connectivity index (χ0) is 15.6. The summed E-state index contributed by atoms with van der Waals surface area (Å²) in [4.78, 5) is 33.3. The molecule has 1 saturated heterocycles. The molecular weight excluding hydrogens is 274 g/mol. The van der Waals surface area contributed by atoms with Gasteiger partial charge in [-0.15, -0.1) is 6.58 Å². The Bertz CT molecular complexity index is 475. The van der Waals surface area contributed by atoms with Crippen molar-refractivity contribution < 1.29 is 19.2 Å². The largest absolute Gasteiger partial charge is 0.382 e. The van der Waals surface area contributed by atoms with Crippen LogP contribution in [-0.2, 0) is 14.4 Å². The van der Waals surface area contributed by atoms with Crippen molar-refractivity contribution in [3.05, 3.63) is 24.3 Å². The Morgan fingerprint density at radius 3 is 2.86 bits per heavy atom. The molecule has 2 unspecified atom stereocenters. The number of hydrogen-bond donors (Lipinski definition) is 0. The van der Waals surface area contributed by atoms with Gasteiger partial charge in [0.15, 0.2) is 0 Å². The number of hydrogen-bond acceptors (Lipinski definition) is 4. The maximum Gasteiger partial charge on any atom is 0.345 e. The predicted octanol–water partition coefficient (Wildman–Crippen LogP) is 0.253. The molecule has 0 aromatic carbocycles. The molecule has 2 aliphatic rings. The zero-order valence-corrected chi connectivity index (χ0v) is 12.6. The summed E-state index contributed by atoms with van der Waals surface area (Å²) in [7, 11) is 4.94. The van der Waals surface area contributed by atoms with Crippen LogP contribution in [0.4, 0.5) is 4.79 Å². The topological polar surface area (TPSA) is 62.3 Å². The molecule has 21 heavy (non-hydrogen) atoms. The monoisotopic (exact) mass is 295 g/mol. The van der Waals surface area contributed by atoms with Gasteiger partial charge in [-0.3, -0.25) is 9.63 Å². The average Bonchev–Trinajstić information content (AvgIpc) is 2.73. The molecule has 7 heteroatoms. The minimum Gasteiger partial charge on any atom is -0.382 e. The van der Waals surface area contributed by atoms with Gasteiger partial charge in [0.05, 0.1) is 25.8 Å². The molecule has 2 aliphatic heterocycles. The first-order valence-electron chi connectivity index (χ1n) is 6.77. The smallest absolute Gasteiger partial charge is 0.345 e. The summed E-state index contributed by atoms with van der Waals surface area (Å²) >= 11 is 0. The number of carbonyl (C=O) groups excluding carboxylic acids is 2. The van der Waals surface area contributed by atoms with Crippen LogP contribution in [0.3, 0.4) is 0 Å². The highest BCUT2D eigenvalue weighted by molar-refractivity contribution is 5.97. The number of rotatable bonds is 6. The van der Waals surface area contributed by atoms with E-state index in [0.29, 0.717) is 18.7 Å². The lowest BCUT2D eigenvalue weighted by Crippen LogP contribution is -2.43. The SMILES string of the molecule is C=CCON1C(=O)N2CC1C(C(=O)N(C)C)=CC2COC. The summed E-state index contributed by atoms with van der Waals surface area (Å²) in [5.41, 5.74) is 0.563. The summed E-state index contributed by atoms with van der Waals surface area (Å²) in [5.74, 6) is -0.123. The second-order valence-corrected chi connectivity index (χ2v) is 5.21. The van der Waals surface area contributed by atoms with Gasteiger partial charge in [0.2, 0.25) is 0 Å². The van der Waals surface area contributed by atoms with E-state index in [4.69, 9.17) is 9.57 Å². The number of amides is 3. The molecule has 0 radical (unpaired) electrons. The standard InChI is InChI=1S/C14H21N3O4/c1-5-6-21-17-12-8-16(14(17)19)10(9-20-4)7-11(12)13(18)15(2)3/h5,7,10,12H,1,6,8-9H2,2-4H3. The van der Waals surface area contributed by atoms with Gasteiger partial charge in [0.1, 0.15) is 6.04 Å². The number of nitrogens with zero attached hydrogens (tertiary/aromatic N) is 3. The third-order valence-corrected chi connectivity index (χ3v) is 3.54. The summed E-state index contributed by atoms with van der Waals surface area (Å²) < 4.78 is 5.15. The lowest BCUT2D eigenvalue weighted by Gasteiger charge is -2.29. The number of likely N-dealkylation sites (N-methyl/N-ethyl adjacent to an activating group) is 1. The van der Waals surface area contributed by atoms with Crippen molar-refractivity contribution in [3.8, 4) is 0 Å². The maximum atomic E-state index is 12.4. The zero-order valence-electron chi connectivity index (χ0n) is 12.6. The van der Waals surface area contributed by atoms with Crippen molar-refractivity contribution in [1.82, 2.24) is 14.9 Å². The second kappa shape index (κ2) is 6.28. The Balaban J connectivity index is 2.31. The Kier molecular flexibility index (Phi) is 4.64. The van der Waals surface area contributed by atoms with E-state index in [1.807, 2.05) is 0 Å². The number of fused-ring (bicyclic) bond motifs is 2. The molecule has 3 amide bonds. The van der Waals surface area contributed by atoms with E-state index in [2.05, 4.69) is 6.58 Å². The molecule has 0 aliphatic carbocycles. The van der Waals surface area contributed by atoms with Crippen LogP contribution in [0, 0.1) is 0 Å². The molecule has 0 N–H and O–H groups in total. The van der Waals surface area contributed by atoms with Crippen LogP contribution in [0.15, 0.2) is 24.3 Å². The molecule has 7 nitrogen and oxygen atoms in total. The molecular formula is C14H21N3O4. The van der Waals surface area contributed by atoms with Gasteiger partial charge < -0.3 is 14.5 Å². The number of hydroxylamine groups is 2. The Labute approximate surface area is 124 Å². The molecule has 0 aromatic heterocycles. The summed E-state index contributed by atoms with van der Waals surface area (Å²) in [5, 5.41) is 1.27. The van der Waals surface area contributed by atoms with E-state index < -0.39 is 0 Å². The van der Waals surface area contributed by atoms with Gasteiger partial charge in [-0.05, 0) is 6.08 Å². The van der Waals surface area contributed by atoms with Crippen LogP contribution in [0.5, 0.6) is 0 Å². The fourth-order valence-corrected chi connectivity index (χ4v) is 2.57. The highest BCUT2D eigenvalue weighted by Gasteiger charge is 2.48. The fraction of sp³-hybridized carbons (Fsp3) is 0.571. The number of carbonyl (C=O) groups is 2. The number of ether oxygens (including phenoxy) is 1. The van der Waals surface area contributed by atoms with Crippen molar-refractivity contribution >= 4 is 11.9 Å². The van der Waals surface area contributed by atoms with Crippen LogP contribution in [0.1, 0.15) is 0 Å². The van der Waals surface area contributed by atoms with Crippen LogP contribution in [0.2, 0.25) is 0 Å². The lowest BCUT2D eigenvalue weighted by atomic mass is 9.99. The van der Waals surface area contributed by atoms with E-state index in [0.717, 1.165) is 0 Å². The van der Waals surface area contributed by atoms with Gasteiger partial charge in [0, 0.05) is 26.8 Å². The van der Waals surface area contributed by atoms with Gasteiger partial charge in [-0.25, -0.2) is 4.79 Å². The molecule has 116 valence electrons. The van der Waals surface area contributed by atoms with Gasteiger partial charge in [-0.1, -0.05) is 6.08 Å². The third kappa shape index (κ3) is 2.79. The van der Waals surface area contributed by atoms with Crippen molar-refractivity contribution in [1.29, 1.82) is 0 Å². The molecule has 0 aromatic rings. The second-order valence-electron chi connectivity index (χ2n) is 5.21. The minimum absolute atomic E-state index is 0.123. The van der Waals surface area contributed by atoms with Gasteiger partial charge in [-0.2, -0.15) is 5.06 Å². The molecule has 2 atom stereocenters. The van der Waals surface area contributed by atoms with E-state index in [-0.39, 0.29) is 30.6 Å². The van der Waals surface area contributed by atoms with E-state index in [1.165, 1.54) is 9.96 Å². The number of methoxy groups -OCH3 is 1. The molecule has 0 spiro atoms. The molecule has 2 rings (SSSR count). The average molecular weight is 295 g/mol. The molecule has 0 saturated carbocycles. The van der Waals surface area contributed by atoms with Gasteiger partial charge in [0.25, 0.3) is 5.91 Å².